The summed E-state index contributed by atoms with van der Waals surface area (Å²) in [5, 5.41) is 11.4. The molecular formula is C44H40N2O8. The molecule has 2 saturated heterocycles. The highest BCUT2D eigenvalue weighted by molar-refractivity contribution is 6.25. The first kappa shape index (κ1) is 34.9. The van der Waals surface area contributed by atoms with Crippen molar-refractivity contribution in [2.45, 2.75) is 25.7 Å². The van der Waals surface area contributed by atoms with Crippen LogP contribution in [-0.2, 0) is 19.2 Å². The summed E-state index contributed by atoms with van der Waals surface area (Å²) in [7, 11) is 4.71. The van der Waals surface area contributed by atoms with E-state index in [4.69, 9.17) is 14.2 Å². The van der Waals surface area contributed by atoms with E-state index < -0.39 is 35.0 Å². The van der Waals surface area contributed by atoms with Gasteiger partial charge in [-0.25, -0.2) is 4.90 Å². The third-order valence-electron chi connectivity index (χ3n) is 11.9. The van der Waals surface area contributed by atoms with Crippen molar-refractivity contribution in [3.63, 3.8) is 0 Å². The maximum absolute atomic E-state index is 14.6. The van der Waals surface area contributed by atoms with E-state index in [0.717, 1.165) is 16.7 Å². The SMILES string of the molecule is COc1ccc(C2C3=CCC4C(=O)N(c5ccc(C=Cc6cc(OC)ccc6OC)cc5)C(=O)C4C3CC3C(=O)N(c4ccccc4)C(=O)C32C)c(O)c1. The number of carbonyl (C=O) groups is 4. The molecule has 1 N–H and O–H groups in total. The second-order valence-corrected chi connectivity index (χ2v) is 14.5. The minimum atomic E-state index is -1.27. The van der Waals surface area contributed by atoms with Crippen LogP contribution < -0.4 is 24.0 Å². The summed E-state index contributed by atoms with van der Waals surface area (Å²) in [6.07, 6.45) is 6.30. The largest absolute Gasteiger partial charge is 0.508 e. The van der Waals surface area contributed by atoms with Gasteiger partial charge >= 0.3 is 0 Å². The van der Waals surface area contributed by atoms with Gasteiger partial charge in [-0.3, -0.25) is 24.1 Å². The van der Waals surface area contributed by atoms with E-state index in [9.17, 15) is 24.3 Å². The number of amides is 4. The highest BCUT2D eigenvalue weighted by atomic mass is 16.5. The number of rotatable bonds is 8. The fourth-order valence-corrected chi connectivity index (χ4v) is 9.22. The zero-order valence-electron chi connectivity index (χ0n) is 30.4. The average Bonchev–Trinajstić information content (AvgIpc) is 3.56. The van der Waals surface area contributed by atoms with Crippen molar-refractivity contribution < 1.29 is 38.5 Å². The number of benzene rings is 4. The zero-order valence-corrected chi connectivity index (χ0v) is 30.4. The van der Waals surface area contributed by atoms with Gasteiger partial charge in [0.25, 0.3) is 0 Å². The van der Waals surface area contributed by atoms with Crippen LogP contribution in [0, 0.1) is 29.1 Å². The molecule has 10 heteroatoms. The molecule has 4 aromatic rings. The lowest BCUT2D eigenvalue weighted by Crippen LogP contribution is -2.48. The molecule has 10 nitrogen and oxygen atoms in total. The van der Waals surface area contributed by atoms with Crippen molar-refractivity contribution in [1.29, 1.82) is 0 Å². The second kappa shape index (κ2) is 13.4. The van der Waals surface area contributed by atoms with Crippen LogP contribution in [0.15, 0.2) is 103 Å². The summed E-state index contributed by atoms with van der Waals surface area (Å²) in [5.74, 6) is -2.99. The Morgan fingerprint density at radius 3 is 2.09 bits per heavy atom. The number of hydrogen-bond acceptors (Lipinski definition) is 8. The van der Waals surface area contributed by atoms with E-state index in [1.165, 1.54) is 23.0 Å². The highest BCUT2D eigenvalue weighted by Gasteiger charge is 2.68. The number of imide groups is 2. The Labute approximate surface area is 313 Å². The van der Waals surface area contributed by atoms with Gasteiger partial charge in [-0.2, -0.15) is 0 Å². The Morgan fingerprint density at radius 1 is 0.722 bits per heavy atom. The molecule has 0 bridgehead atoms. The van der Waals surface area contributed by atoms with Gasteiger partial charge in [-0.1, -0.05) is 60.2 Å². The summed E-state index contributed by atoms with van der Waals surface area (Å²) < 4.78 is 16.2. The Hall–Kier alpha value is -6.16. The minimum absolute atomic E-state index is 0.0733. The first-order valence-corrected chi connectivity index (χ1v) is 18.0. The van der Waals surface area contributed by atoms with Gasteiger partial charge in [-0.15, -0.1) is 0 Å². The topological polar surface area (TPSA) is 123 Å². The van der Waals surface area contributed by atoms with E-state index in [2.05, 4.69) is 0 Å². The van der Waals surface area contributed by atoms with Gasteiger partial charge in [-0.05, 0) is 79.8 Å². The minimum Gasteiger partial charge on any atom is -0.508 e. The van der Waals surface area contributed by atoms with Crippen LogP contribution in [-0.4, -0.2) is 50.1 Å². The van der Waals surface area contributed by atoms with Crippen LogP contribution in [0.4, 0.5) is 11.4 Å². The van der Waals surface area contributed by atoms with E-state index >= 15 is 0 Å². The summed E-state index contributed by atoms with van der Waals surface area (Å²) in [6.45, 7) is 1.80. The number of para-hydroxylation sites is 1. The monoisotopic (exact) mass is 724 g/mol. The van der Waals surface area contributed by atoms with Crippen molar-refractivity contribution >= 4 is 47.2 Å². The maximum atomic E-state index is 14.6. The molecule has 3 fully saturated rings. The molecule has 4 aliphatic rings. The molecule has 1 saturated carbocycles. The smallest absolute Gasteiger partial charge is 0.241 e. The highest BCUT2D eigenvalue weighted by Crippen LogP contribution is 2.64. The number of aromatic hydroxyl groups is 1. The van der Waals surface area contributed by atoms with Gasteiger partial charge in [0.2, 0.25) is 23.6 Å². The number of allylic oxidation sites excluding steroid dienone is 2. The normalized spacial score (nSPS) is 26.1. The molecule has 0 aromatic heterocycles. The van der Waals surface area contributed by atoms with Gasteiger partial charge in [0.05, 0.1) is 55.9 Å². The number of methoxy groups -OCH3 is 3. The number of phenolic OH excluding ortho intramolecular Hbond substituents is 1. The molecule has 0 radical (unpaired) electrons. The molecule has 4 amide bonds. The quantitative estimate of drug-likeness (QED) is 0.117. The molecule has 2 aliphatic heterocycles. The van der Waals surface area contributed by atoms with Gasteiger partial charge in [0, 0.05) is 23.1 Å². The molecule has 2 heterocycles. The third kappa shape index (κ3) is 5.30. The van der Waals surface area contributed by atoms with Crippen molar-refractivity contribution in [3.8, 4) is 23.0 Å². The number of phenols is 1. The summed E-state index contributed by atoms with van der Waals surface area (Å²) in [6, 6.07) is 26.5. The average molecular weight is 725 g/mol. The predicted molar refractivity (Wildman–Crippen MR) is 203 cm³/mol. The van der Waals surface area contributed by atoms with Crippen LogP contribution in [0.2, 0.25) is 0 Å². The fraction of sp³-hybridized carbons (Fsp3) is 0.273. The molecule has 6 unspecified atom stereocenters. The third-order valence-corrected chi connectivity index (χ3v) is 11.9. The molecular weight excluding hydrogens is 684 g/mol. The van der Waals surface area contributed by atoms with Crippen LogP contribution in [0.1, 0.15) is 42.4 Å². The first-order valence-electron chi connectivity index (χ1n) is 18.0. The van der Waals surface area contributed by atoms with E-state index in [1.807, 2.05) is 54.6 Å². The van der Waals surface area contributed by atoms with Crippen molar-refractivity contribution in [2.24, 2.45) is 29.1 Å². The predicted octanol–water partition coefficient (Wildman–Crippen LogP) is 7.02. The molecule has 4 aromatic carbocycles. The van der Waals surface area contributed by atoms with Gasteiger partial charge in [0.15, 0.2) is 0 Å². The summed E-state index contributed by atoms with van der Waals surface area (Å²) in [5.41, 5.74) is 2.61. The summed E-state index contributed by atoms with van der Waals surface area (Å²) in [4.78, 5) is 60.2. The van der Waals surface area contributed by atoms with Crippen molar-refractivity contribution in [1.82, 2.24) is 0 Å². The zero-order chi connectivity index (χ0) is 37.9. The lowest BCUT2D eigenvalue weighted by atomic mass is 9.51. The Morgan fingerprint density at radius 2 is 1.41 bits per heavy atom. The standard InChI is InChI=1S/C44H40N2O8/c1-44-35(41(49)46(43(44)51)27-8-6-5-7-9-27)24-34-31(39(44)32-18-16-30(53-3)23-36(32)47)19-20-33-38(34)42(50)45(40(33)48)28-14-11-25(12-15-28)10-13-26-22-29(52-2)17-21-37(26)54-4/h5-19,21-23,33-35,38-39,47H,20,24H2,1-4H3. The molecule has 0 spiro atoms. The van der Waals surface area contributed by atoms with Gasteiger partial charge < -0.3 is 19.3 Å². The first-order chi connectivity index (χ1) is 26.1. The van der Waals surface area contributed by atoms with E-state index in [0.29, 0.717) is 40.6 Å². The number of fused-ring (bicyclic) bond motifs is 4. The number of anilines is 2. The van der Waals surface area contributed by atoms with Crippen LogP contribution in [0.25, 0.3) is 12.2 Å². The van der Waals surface area contributed by atoms with Gasteiger partial charge in [0.1, 0.15) is 23.0 Å². The maximum Gasteiger partial charge on any atom is 0.241 e. The van der Waals surface area contributed by atoms with Crippen LogP contribution in [0.3, 0.4) is 0 Å². The molecule has 6 atom stereocenters. The van der Waals surface area contributed by atoms with Crippen molar-refractivity contribution in [2.75, 3.05) is 31.1 Å². The Kier molecular flexibility index (Phi) is 8.63. The number of carbonyl (C=O) groups excluding carboxylic acids is 4. The number of ether oxygens (including phenoxy) is 3. The molecule has 54 heavy (non-hydrogen) atoms. The molecule has 274 valence electrons. The lowest BCUT2D eigenvalue weighted by Gasteiger charge is -2.49. The molecule has 8 rings (SSSR count). The second-order valence-electron chi connectivity index (χ2n) is 14.5. The summed E-state index contributed by atoms with van der Waals surface area (Å²) >= 11 is 0. The van der Waals surface area contributed by atoms with Crippen molar-refractivity contribution in [3.05, 3.63) is 119 Å². The Balaban J connectivity index is 1.14. The number of hydrogen-bond donors (Lipinski definition) is 1. The lowest BCUT2D eigenvalue weighted by molar-refractivity contribution is -0.131. The Bertz CT molecular complexity index is 2250. The van der Waals surface area contributed by atoms with Crippen LogP contribution in [0.5, 0.6) is 23.0 Å². The van der Waals surface area contributed by atoms with E-state index in [-0.39, 0.29) is 35.8 Å². The fourth-order valence-electron chi connectivity index (χ4n) is 9.22. The number of nitrogens with zero attached hydrogens (tertiary/aromatic N) is 2. The van der Waals surface area contributed by atoms with E-state index in [1.54, 1.807) is 69.7 Å². The molecule has 2 aliphatic carbocycles. The van der Waals surface area contributed by atoms with Crippen LogP contribution >= 0.6 is 0 Å².